The Hall–Kier alpha value is -2.61. The highest BCUT2D eigenvalue weighted by molar-refractivity contribution is 7.15. The van der Waals surface area contributed by atoms with Crippen molar-refractivity contribution in [1.29, 1.82) is 0 Å². The van der Waals surface area contributed by atoms with Crippen LogP contribution in [0.15, 0.2) is 35.8 Å². The summed E-state index contributed by atoms with van der Waals surface area (Å²) in [7, 11) is 2.05. The third-order valence-corrected chi connectivity index (χ3v) is 5.23. The fraction of sp³-hybridized carbons (Fsp3) is 0.312. The van der Waals surface area contributed by atoms with Gasteiger partial charge in [0.05, 0.1) is 0 Å². The smallest absolute Gasteiger partial charge is 0.372 e. The molecule has 8 heteroatoms. The first kappa shape index (κ1) is 14.9. The van der Waals surface area contributed by atoms with Crippen molar-refractivity contribution >= 4 is 33.6 Å². The summed E-state index contributed by atoms with van der Waals surface area (Å²) in [5.41, 5.74) is 2.31. The van der Waals surface area contributed by atoms with Crippen LogP contribution in [0.4, 0.5) is 17.3 Å². The van der Waals surface area contributed by atoms with Crippen LogP contribution >= 0.6 is 11.3 Å². The molecule has 0 amide bonds. The molecule has 1 unspecified atom stereocenters. The SMILES string of the molecule is CC1CN(C)c2ccccc2CN1c1nc2sccn2c1[N+](=O)[O-]. The summed E-state index contributed by atoms with van der Waals surface area (Å²) in [5.74, 6) is 0.490. The Labute approximate surface area is 142 Å². The average Bonchev–Trinajstić information content (AvgIpc) is 3.09. The van der Waals surface area contributed by atoms with Crippen molar-refractivity contribution in [2.24, 2.45) is 0 Å². The zero-order valence-corrected chi connectivity index (χ0v) is 14.2. The Kier molecular flexibility index (Phi) is 3.42. The molecule has 4 rings (SSSR count). The Morgan fingerprint density at radius 1 is 1.38 bits per heavy atom. The molecule has 0 aliphatic carbocycles. The maximum Gasteiger partial charge on any atom is 0.373 e. The van der Waals surface area contributed by atoms with E-state index in [2.05, 4.69) is 36.0 Å². The van der Waals surface area contributed by atoms with Crippen molar-refractivity contribution in [2.45, 2.75) is 19.5 Å². The summed E-state index contributed by atoms with van der Waals surface area (Å²) in [5, 5.41) is 13.5. The standard InChI is InChI=1S/C16H17N5O2S/c1-11-9-18(2)13-6-4-3-5-12(13)10-20(11)14-15(21(22)23)19-7-8-24-16(19)17-14/h3-8,11H,9-10H2,1-2H3. The van der Waals surface area contributed by atoms with Crippen molar-refractivity contribution in [3.8, 4) is 0 Å². The van der Waals surface area contributed by atoms with Crippen molar-refractivity contribution in [3.63, 3.8) is 0 Å². The van der Waals surface area contributed by atoms with E-state index in [-0.39, 0.29) is 16.8 Å². The Morgan fingerprint density at radius 2 is 2.17 bits per heavy atom. The summed E-state index contributed by atoms with van der Waals surface area (Å²) in [6.07, 6.45) is 1.71. The van der Waals surface area contributed by atoms with Gasteiger partial charge < -0.3 is 19.9 Å². The molecule has 0 fully saturated rings. The molecule has 1 aliphatic heterocycles. The molecule has 3 aromatic rings. The second-order valence-corrected chi connectivity index (χ2v) is 6.93. The van der Waals surface area contributed by atoms with Gasteiger partial charge in [-0.2, -0.15) is 9.38 Å². The first-order valence-corrected chi connectivity index (χ1v) is 8.60. The van der Waals surface area contributed by atoms with Crippen LogP contribution in [0.2, 0.25) is 0 Å². The molecule has 1 atom stereocenters. The number of benzene rings is 1. The fourth-order valence-electron chi connectivity index (χ4n) is 3.36. The molecule has 1 aromatic carbocycles. The van der Waals surface area contributed by atoms with Crippen LogP contribution in [0.25, 0.3) is 4.96 Å². The van der Waals surface area contributed by atoms with E-state index in [9.17, 15) is 10.1 Å². The van der Waals surface area contributed by atoms with Crippen LogP contribution in [0.3, 0.4) is 0 Å². The molecule has 0 saturated carbocycles. The maximum atomic E-state index is 11.7. The second-order valence-electron chi connectivity index (χ2n) is 6.06. The minimum absolute atomic E-state index is 0.0418. The van der Waals surface area contributed by atoms with Crippen molar-refractivity contribution in [2.75, 3.05) is 23.4 Å². The number of likely N-dealkylation sites (N-methyl/N-ethyl adjacent to an activating group) is 1. The van der Waals surface area contributed by atoms with Gasteiger partial charge in [0.2, 0.25) is 5.82 Å². The Balaban J connectivity index is 1.85. The lowest BCUT2D eigenvalue weighted by Gasteiger charge is -2.28. The van der Waals surface area contributed by atoms with Gasteiger partial charge in [0.15, 0.2) is 0 Å². The Morgan fingerprint density at radius 3 is 2.96 bits per heavy atom. The van der Waals surface area contributed by atoms with E-state index < -0.39 is 0 Å². The molecule has 1 aliphatic rings. The van der Waals surface area contributed by atoms with E-state index in [4.69, 9.17) is 0 Å². The topological polar surface area (TPSA) is 66.9 Å². The molecular formula is C16H17N5O2S. The van der Waals surface area contributed by atoms with Gasteiger partial charge in [-0.25, -0.2) is 0 Å². The van der Waals surface area contributed by atoms with Gasteiger partial charge in [0, 0.05) is 37.2 Å². The average molecular weight is 343 g/mol. The third-order valence-electron chi connectivity index (χ3n) is 4.48. The summed E-state index contributed by atoms with van der Waals surface area (Å²) in [4.78, 5) is 20.8. The molecule has 0 N–H and O–H groups in total. The van der Waals surface area contributed by atoms with E-state index in [1.54, 1.807) is 10.6 Å². The van der Waals surface area contributed by atoms with Crippen molar-refractivity contribution in [1.82, 2.24) is 9.38 Å². The van der Waals surface area contributed by atoms with Gasteiger partial charge in [-0.3, -0.25) is 0 Å². The van der Waals surface area contributed by atoms with Gasteiger partial charge in [0.1, 0.15) is 6.20 Å². The molecule has 0 spiro atoms. The van der Waals surface area contributed by atoms with E-state index >= 15 is 0 Å². The van der Waals surface area contributed by atoms with Crippen LogP contribution in [-0.4, -0.2) is 33.9 Å². The molecule has 0 bridgehead atoms. The number of nitro groups is 1. The van der Waals surface area contributed by atoms with Crippen LogP contribution in [0.5, 0.6) is 0 Å². The van der Waals surface area contributed by atoms with E-state index in [0.29, 0.717) is 17.3 Å². The highest BCUT2D eigenvalue weighted by Crippen LogP contribution is 2.36. The van der Waals surface area contributed by atoms with Crippen LogP contribution < -0.4 is 9.80 Å². The number of anilines is 2. The van der Waals surface area contributed by atoms with Gasteiger partial charge in [0.25, 0.3) is 4.96 Å². The molecule has 2 aromatic heterocycles. The summed E-state index contributed by atoms with van der Waals surface area (Å²) >= 11 is 1.41. The van der Waals surface area contributed by atoms with Crippen molar-refractivity contribution in [3.05, 3.63) is 51.5 Å². The summed E-state index contributed by atoms with van der Waals surface area (Å²) < 4.78 is 1.56. The van der Waals surface area contributed by atoms with Gasteiger partial charge in [-0.15, -0.1) is 0 Å². The predicted molar refractivity (Wildman–Crippen MR) is 95.1 cm³/mol. The lowest BCUT2D eigenvalue weighted by atomic mass is 10.1. The van der Waals surface area contributed by atoms with Crippen molar-refractivity contribution < 1.29 is 4.92 Å². The number of fused-ring (bicyclic) bond motifs is 2. The number of aromatic nitrogens is 2. The zero-order chi connectivity index (χ0) is 16.8. The second kappa shape index (κ2) is 5.48. The monoisotopic (exact) mass is 343 g/mol. The minimum Gasteiger partial charge on any atom is -0.372 e. The molecule has 3 heterocycles. The van der Waals surface area contributed by atoms with Crippen LogP contribution in [0, 0.1) is 10.1 Å². The lowest BCUT2D eigenvalue weighted by molar-refractivity contribution is -0.389. The Bertz CT molecular complexity index is 918. The molecule has 7 nitrogen and oxygen atoms in total. The molecule has 0 radical (unpaired) electrons. The van der Waals surface area contributed by atoms with Crippen LogP contribution in [-0.2, 0) is 6.54 Å². The first-order valence-electron chi connectivity index (χ1n) is 7.72. The summed E-state index contributed by atoms with van der Waals surface area (Å²) in [6, 6.07) is 8.28. The number of para-hydroxylation sites is 1. The number of hydrogen-bond acceptors (Lipinski definition) is 6. The van der Waals surface area contributed by atoms with Gasteiger partial charge in [-0.1, -0.05) is 29.5 Å². The predicted octanol–water partition coefficient (Wildman–Crippen LogP) is 3.15. The normalized spacial score (nSPS) is 17.8. The number of rotatable bonds is 2. The quantitative estimate of drug-likeness (QED) is 0.528. The van der Waals surface area contributed by atoms with E-state index in [0.717, 1.165) is 17.8 Å². The number of hydrogen-bond donors (Lipinski definition) is 0. The lowest BCUT2D eigenvalue weighted by Crippen LogP contribution is -2.38. The fourth-order valence-corrected chi connectivity index (χ4v) is 4.06. The highest BCUT2D eigenvalue weighted by Gasteiger charge is 2.33. The zero-order valence-electron chi connectivity index (χ0n) is 13.4. The minimum atomic E-state index is -0.338. The number of nitrogens with zero attached hydrogens (tertiary/aromatic N) is 5. The largest absolute Gasteiger partial charge is 0.373 e. The molecule has 24 heavy (non-hydrogen) atoms. The molecule has 0 saturated heterocycles. The number of thiazole rings is 1. The van der Waals surface area contributed by atoms with Gasteiger partial charge in [-0.05, 0) is 23.5 Å². The molecular weight excluding hydrogens is 326 g/mol. The third kappa shape index (κ3) is 2.22. The van der Waals surface area contributed by atoms with Gasteiger partial charge >= 0.3 is 5.82 Å². The molecule has 124 valence electrons. The summed E-state index contributed by atoms with van der Waals surface area (Å²) in [6.45, 7) is 3.46. The highest BCUT2D eigenvalue weighted by atomic mass is 32.1. The van der Waals surface area contributed by atoms with E-state index in [1.807, 2.05) is 22.4 Å². The van der Waals surface area contributed by atoms with Crippen LogP contribution in [0.1, 0.15) is 12.5 Å². The number of imidazole rings is 1. The van der Waals surface area contributed by atoms with E-state index in [1.165, 1.54) is 11.3 Å². The first-order chi connectivity index (χ1) is 11.6. The maximum absolute atomic E-state index is 11.7.